The SMILES string of the molecule is C[C@@]12CCC3(C[C@H]1CC[C@H]1[C@H]4CC[C@@](C)(O)[C@]4(C)CC[C@@H]12)OCCO3. The molecule has 0 radical (unpaired) electrons. The molecular weight excluding hydrogens is 312 g/mol. The molecule has 142 valence electrons. The minimum absolute atomic E-state index is 0.144. The summed E-state index contributed by atoms with van der Waals surface area (Å²) in [5.74, 6) is 2.92. The zero-order valence-electron chi connectivity index (χ0n) is 16.4. The first kappa shape index (κ1) is 17.0. The van der Waals surface area contributed by atoms with Crippen molar-refractivity contribution in [1.82, 2.24) is 0 Å². The van der Waals surface area contributed by atoms with Crippen LogP contribution in [0, 0.1) is 34.5 Å². The van der Waals surface area contributed by atoms with Gasteiger partial charge in [0.15, 0.2) is 5.79 Å². The van der Waals surface area contributed by atoms with Crippen LogP contribution in [0.1, 0.15) is 78.6 Å². The first-order valence-corrected chi connectivity index (χ1v) is 10.8. The molecule has 4 saturated carbocycles. The highest BCUT2D eigenvalue weighted by Crippen LogP contribution is 2.69. The van der Waals surface area contributed by atoms with Crippen molar-refractivity contribution >= 4 is 0 Å². The Hall–Kier alpha value is -0.120. The Morgan fingerprint density at radius 3 is 2.28 bits per heavy atom. The van der Waals surface area contributed by atoms with Crippen molar-refractivity contribution in [3.63, 3.8) is 0 Å². The number of ether oxygens (including phenoxy) is 2. The zero-order valence-corrected chi connectivity index (χ0v) is 16.4. The molecule has 1 N–H and O–H groups in total. The fraction of sp³-hybridized carbons (Fsp3) is 1.00. The Kier molecular flexibility index (Phi) is 3.56. The first-order valence-electron chi connectivity index (χ1n) is 10.8. The summed E-state index contributed by atoms with van der Waals surface area (Å²) in [5, 5.41) is 11.0. The second-order valence-electron chi connectivity index (χ2n) is 10.7. The molecule has 7 atom stereocenters. The zero-order chi connectivity index (χ0) is 17.5. The summed E-state index contributed by atoms with van der Waals surface area (Å²) in [5.41, 5.74) is 0.146. The molecule has 1 aliphatic heterocycles. The number of fused-ring (bicyclic) bond motifs is 5. The van der Waals surface area contributed by atoms with Gasteiger partial charge in [0.2, 0.25) is 0 Å². The molecule has 3 nitrogen and oxygen atoms in total. The fourth-order valence-corrected chi connectivity index (χ4v) is 8.20. The van der Waals surface area contributed by atoms with Gasteiger partial charge in [-0.15, -0.1) is 0 Å². The van der Waals surface area contributed by atoms with E-state index in [1.165, 1.54) is 38.5 Å². The molecule has 1 heterocycles. The van der Waals surface area contributed by atoms with Crippen molar-refractivity contribution in [2.24, 2.45) is 34.5 Å². The molecule has 0 aromatic rings. The highest BCUT2D eigenvalue weighted by molar-refractivity contribution is 5.13. The molecule has 5 fully saturated rings. The van der Waals surface area contributed by atoms with Gasteiger partial charge in [0, 0.05) is 12.8 Å². The van der Waals surface area contributed by atoms with Crippen LogP contribution in [-0.4, -0.2) is 29.7 Å². The third-order valence-electron chi connectivity index (χ3n) is 10.0. The average molecular weight is 349 g/mol. The molecule has 0 bridgehead atoms. The van der Waals surface area contributed by atoms with E-state index in [2.05, 4.69) is 20.8 Å². The Morgan fingerprint density at radius 2 is 1.52 bits per heavy atom. The van der Waals surface area contributed by atoms with Crippen molar-refractivity contribution in [3.05, 3.63) is 0 Å². The lowest BCUT2D eigenvalue weighted by atomic mass is 9.44. The van der Waals surface area contributed by atoms with Crippen LogP contribution >= 0.6 is 0 Å². The van der Waals surface area contributed by atoms with Gasteiger partial charge in [-0.3, -0.25) is 0 Å². The van der Waals surface area contributed by atoms with Crippen LogP contribution in [0.5, 0.6) is 0 Å². The fourth-order valence-electron chi connectivity index (χ4n) is 8.20. The van der Waals surface area contributed by atoms with Crippen LogP contribution in [0.25, 0.3) is 0 Å². The molecule has 1 saturated heterocycles. The van der Waals surface area contributed by atoms with Gasteiger partial charge in [0.25, 0.3) is 0 Å². The van der Waals surface area contributed by atoms with E-state index in [0.29, 0.717) is 5.41 Å². The van der Waals surface area contributed by atoms with E-state index < -0.39 is 5.60 Å². The largest absolute Gasteiger partial charge is 0.390 e. The van der Waals surface area contributed by atoms with Gasteiger partial charge < -0.3 is 14.6 Å². The molecule has 0 aromatic carbocycles. The predicted octanol–water partition coefficient (Wildman–Crippen LogP) is 4.52. The van der Waals surface area contributed by atoms with E-state index in [4.69, 9.17) is 9.47 Å². The Morgan fingerprint density at radius 1 is 0.800 bits per heavy atom. The standard InChI is InChI=1S/C22H36O3/c1-19-10-11-22(24-12-13-25-22)14-15(19)4-5-16-17(19)6-8-20(2)18(16)7-9-21(20,3)23/h15-18,23H,4-14H2,1-3H3/t15-,16-,17+,18-,19-,20-,21-/m1/s1. The Labute approximate surface area is 152 Å². The van der Waals surface area contributed by atoms with Crippen LogP contribution < -0.4 is 0 Å². The summed E-state index contributed by atoms with van der Waals surface area (Å²) in [6.45, 7) is 8.66. The number of aliphatic hydroxyl groups is 1. The van der Waals surface area contributed by atoms with Crippen LogP contribution in [0.2, 0.25) is 0 Å². The molecule has 0 unspecified atom stereocenters. The van der Waals surface area contributed by atoms with Gasteiger partial charge in [-0.05, 0) is 86.4 Å². The van der Waals surface area contributed by atoms with E-state index in [9.17, 15) is 5.11 Å². The smallest absolute Gasteiger partial charge is 0.168 e. The molecule has 3 heteroatoms. The van der Waals surface area contributed by atoms with Crippen molar-refractivity contribution in [3.8, 4) is 0 Å². The van der Waals surface area contributed by atoms with Gasteiger partial charge in [0.1, 0.15) is 0 Å². The minimum Gasteiger partial charge on any atom is -0.390 e. The summed E-state index contributed by atoms with van der Waals surface area (Å²) >= 11 is 0. The lowest BCUT2D eigenvalue weighted by molar-refractivity contribution is -0.232. The van der Waals surface area contributed by atoms with E-state index >= 15 is 0 Å². The lowest BCUT2D eigenvalue weighted by Gasteiger charge is -2.62. The second kappa shape index (κ2) is 5.23. The van der Waals surface area contributed by atoms with Gasteiger partial charge in [0.05, 0.1) is 18.8 Å². The summed E-state index contributed by atoms with van der Waals surface area (Å²) in [4.78, 5) is 0. The Bertz CT molecular complexity index is 551. The third kappa shape index (κ3) is 2.15. The van der Waals surface area contributed by atoms with Crippen molar-refractivity contribution in [1.29, 1.82) is 0 Å². The third-order valence-corrected chi connectivity index (χ3v) is 10.0. The van der Waals surface area contributed by atoms with Gasteiger partial charge >= 0.3 is 0 Å². The molecule has 1 spiro atoms. The van der Waals surface area contributed by atoms with Gasteiger partial charge in [-0.1, -0.05) is 13.8 Å². The van der Waals surface area contributed by atoms with Crippen LogP contribution in [-0.2, 0) is 9.47 Å². The molecule has 5 rings (SSSR count). The molecule has 0 amide bonds. The molecule has 4 aliphatic carbocycles. The van der Waals surface area contributed by atoms with Crippen LogP contribution in [0.15, 0.2) is 0 Å². The average Bonchev–Trinajstić information content (AvgIpc) is 3.11. The molecule has 25 heavy (non-hydrogen) atoms. The highest BCUT2D eigenvalue weighted by Gasteiger charge is 2.64. The van der Waals surface area contributed by atoms with Gasteiger partial charge in [-0.2, -0.15) is 0 Å². The Balaban J connectivity index is 1.41. The molecule has 5 aliphatic rings. The van der Waals surface area contributed by atoms with Crippen molar-refractivity contribution in [2.75, 3.05) is 13.2 Å². The van der Waals surface area contributed by atoms with Crippen molar-refractivity contribution < 1.29 is 14.6 Å². The summed E-state index contributed by atoms with van der Waals surface area (Å²) in [6, 6.07) is 0. The van der Waals surface area contributed by atoms with Gasteiger partial charge in [-0.25, -0.2) is 0 Å². The first-order chi connectivity index (χ1) is 11.8. The van der Waals surface area contributed by atoms with E-state index in [0.717, 1.165) is 56.1 Å². The summed E-state index contributed by atoms with van der Waals surface area (Å²) < 4.78 is 12.1. The predicted molar refractivity (Wildman–Crippen MR) is 97.0 cm³/mol. The quantitative estimate of drug-likeness (QED) is 0.699. The summed E-state index contributed by atoms with van der Waals surface area (Å²) in [7, 11) is 0. The number of rotatable bonds is 0. The van der Waals surface area contributed by atoms with E-state index in [1.54, 1.807) is 0 Å². The summed E-state index contributed by atoms with van der Waals surface area (Å²) in [6.07, 6.45) is 10.9. The van der Waals surface area contributed by atoms with Crippen LogP contribution in [0.3, 0.4) is 0 Å². The number of hydrogen-bond donors (Lipinski definition) is 1. The normalized spacial score (nSPS) is 57.1. The monoisotopic (exact) mass is 348 g/mol. The topological polar surface area (TPSA) is 38.7 Å². The van der Waals surface area contributed by atoms with Crippen molar-refractivity contribution in [2.45, 2.75) is 89.9 Å². The van der Waals surface area contributed by atoms with Crippen LogP contribution in [0.4, 0.5) is 0 Å². The highest BCUT2D eigenvalue weighted by atomic mass is 16.7. The molecule has 0 aromatic heterocycles. The maximum absolute atomic E-state index is 11.0. The number of hydrogen-bond acceptors (Lipinski definition) is 3. The maximum Gasteiger partial charge on any atom is 0.168 e. The molecular formula is C22H36O3. The second-order valence-corrected chi connectivity index (χ2v) is 10.7. The minimum atomic E-state index is -0.456. The lowest BCUT2D eigenvalue weighted by Crippen LogP contribution is -2.57. The van der Waals surface area contributed by atoms with E-state index in [-0.39, 0.29) is 11.2 Å². The van der Waals surface area contributed by atoms with E-state index in [1.807, 2.05) is 0 Å². The maximum atomic E-state index is 11.0.